The first kappa shape index (κ1) is 18.1. The minimum atomic E-state index is -0.118. The fraction of sp³-hybridized carbons (Fsp3) is 0.500. The van der Waals surface area contributed by atoms with E-state index in [9.17, 15) is 4.79 Å². The molecule has 1 saturated heterocycles. The zero-order chi connectivity index (χ0) is 20.0. The largest absolute Gasteiger partial charge is 0.377 e. The minimum absolute atomic E-state index is 0.112. The average molecular weight is 395 g/mol. The molecule has 3 aromatic heterocycles. The zero-order valence-corrected chi connectivity index (χ0v) is 16.7. The molecule has 0 bridgehead atoms. The second-order valence-corrected chi connectivity index (χ2v) is 8.37. The third-order valence-electron chi connectivity index (χ3n) is 5.68. The number of hydrogen-bond acceptors (Lipinski definition) is 5. The van der Waals surface area contributed by atoms with E-state index in [0.717, 1.165) is 36.0 Å². The van der Waals surface area contributed by atoms with Crippen LogP contribution in [-0.2, 0) is 11.3 Å². The molecule has 2 aliphatic rings. The Labute approximate surface area is 168 Å². The van der Waals surface area contributed by atoms with Gasteiger partial charge in [-0.15, -0.1) is 0 Å². The van der Waals surface area contributed by atoms with E-state index >= 15 is 0 Å². The molecule has 4 heterocycles. The number of anilines is 1. The number of carbonyl (C=O) groups excluding carboxylic acids is 1. The number of urea groups is 1. The number of aromatic nitrogens is 5. The molecule has 1 aliphatic carbocycles. The van der Waals surface area contributed by atoms with Crippen molar-refractivity contribution < 1.29 is 9.53 Å². The SMILES string of the molecule is CC(C)Cn1ncc2cnc(-c3[nH]ncc3NC(=O)N3CCOCC34CC4)cc21. The van der Waals surface area contributed by atoms with E-state index in [0.29, 0.717) is 37.1 Å². The molecule has 0 unspecified atom stereocenters. The van der Waals surface area contributed by atoms with Crippen LogP contribution in [0, 0.1) is 5.92 Å². The molecule has 1 spiro atoms. The lowest BCUT2D eigenvalue weighted by atomic mass is 10.2. The highest BCUT2D eigenvalue weighted by Crippen LogP contribution is 2.44. The number of hydrogen-bond donors (Lipinski definition) is 2. The molecule has 3 aromatic rings. The van der Waals surface area contributed by atoms with Gasteiger partial charge in [-0.2, -0.15) is 10.2 Å². The number of fused-ring (bicyclic) bond motifs is 1. The molecule has 0 radical (unpaired) electrons. The number of aromatic amines is 1. The maximum atomic E-state index is 12.9. The van der Waals surface area contributed by atoms with Gasteiger partial charge >= 0.3 is 6.03 Å². The number of nitrogens with zero attached hydrogens (tertiary/aromatic N) is 5. The van der Waals surface area contributed by atoms with Gasteiger partial charge in [0.25, 0.3) is 0 Å². The number of rotatable bonds is 4. The minimum Gasteiger partial charge on any atom is -0.377 e. The van der Waals surface area contributed by atoms with Gasteiger partial charge in [-0.25, -0.2) is 4.79 Å². The monoisotopic (exact) mass is 395 g/mol. The first-order chi connectivity index (χ1) is 14.1. The Balaban J connectivity index is 1.42. The number of nitrogens with one attached hydrogen (secondary N) is 2. The molecule has 1 saturated carbocycles. The molecule has 9 heteroatoms. The molecule has 5 rings (SSSR count). The first-order valence-electron chi connectivity index (χ1n) is 10.1. The highest BCUT2D eigenvalue weighted by molar-refractivity contribution is 5.94. The predicted octanol–water partition coefficient (Wildman–Crippen LogP) is 2.87. The summed E-state index contributed by atoms with van der Waals surface area (Å²) in [6.07, 6.45) is 7.26. The number of pyridine rings is 1. The summed E-state index contributed by atoms with van der Waals surface area (Å²) in [6, 6.07) is 1.88. The van der Waals surface area contributed by atoms with Crippen LogP contribution in [0.25, 0.3) is 22.3 Å². The summed E-state index contributed by atoms with van der Waals surface area (Å²) in [7, 11) is 0. The van der Waals surface area contributed by atoms with Gasteiger partial charge in [0.2, 0.25) is 0 Å². The van der Waals surface area contributed by atoms with Crippen LogP contribution < -0.4 is 5.32 Å². The van der Waals surface area contributed by atoms with E-state index in [-0.39, 0.29) is 11.6 Å². The highest BCUT2D eigenvalue weighted by Gasteiger charge is 2.52. The molecule has 1 aliphatic heterocycles. The third kappa shape index (κ3) is 3.25. The molecular weight excluding hydrogens is 370 g/mol. The van der Waals surface area contributed by atoms with Crippen LogP contribution >= 0.6 is 0 Å². The van der Waals surface area contributed by atoms with Crippen molar-refractivity contribution in [3.63, 3.8) is 0 Å². The fourth-order valence-corrected chi connectivity index (χ4v) is 3.97. The van der Waals surface area contributed by atoms with E-state index in [1.54, 1.807) is 6.20 Å². The van der Waals surface area contributed by atoms with Crippen molar-refractivity contribution in [3.05, 3.63) is 24.7 Å². The number of morpholine rings is 1. The molecule has 2 amide bonds. The molecule has 29 heavy (non-hydrogen) atoms. The van der Waals surface area contributed by atoms with Crippen molar-refractivity contribution in [1.29, 1.82) is 0 Å². The van der Waals surface area contributed by atoms with E-state index in [1.807, 2.05) is 28.0 Å². The van der Waals surface area contributed by atoms with E-state index in [4.69, 9.17) is 4.74 Å². The number of ether oxygens (including phenoxy) is 1. The van der Waals surface area contributed by atoms with Crippen LogP contribution in [-0.4, -0.2) is 61.2 Å². The summed E-state index contributed by atoms with van der Waals surface area (Å²) in [5.41, 5.74) is 2.93. The smallest absolute Gasteiger partial charge is 0.322 e. The van der Waals surface area contributed by atoms with Gasteiger partial charge in [-0.05, 0) is 24.8 Å². The van der Waals surface area contributed by atoms with Crippen LogP contribution in [0.2, 0.25) is 0 Å². The Morgan fingerprint density at radius 3 is 3.00 bits per heavy atom. The summed E-state index contributed by atoms with van der Waals surface area (Å²) in [6.45, 7) is 6.96. The second kappa shape index (κ2) is 6.84. The maximum absolute atomic E-state index is 12.9. The molecule has 2 fully saturated rings. The van der Waals surface area contributed by atoms with E-state index < -0.39 is 0 Å². The Morgan fingerprint density at radius 1 is 1.34 bits per heavy atom. The number of carbonyl (C=O) groups is 1. The van der Waals surface area contributed by atoms with Gasteiger partial charge < -0.3 is 15.0 Å². The lowest BCUT2D eigenvalue weighted by Crippen LogP contribution is -2.52. The number of amides is 2. The van der Waals surface area contributed by atoms with Gasteiger partial charge in [-0.1, -0.05) is 13.8 Å². The summed E-state index contributed by atoms with van der Waals surface area (Å²) >= 11 is 0. The van der Waals surface area contributed by atoms with Crippen LogP contribution in [0.4, 0.5) is 10.5 Å². The predicted molar refractivity (Wildman–Crippen MR) is 108 cm³/mol. The third-order valence-corrected chi connectivity index (χ3v) is 5.68. The van der Waals surface area contributed by atoms with Gasteiger partial charge in [0, 0.05) is 24.7 Å². The zero-order valence-electron chi connectivity index (χ0n) is 16.7. The number of H-pyrrole nitrogens is 1. The van der Waals surface area contributed by atoms with E-state index in [2.05, 4.69) is 39.4 Å². The van der Waals surface area contributed by atoms with Crippen LogP contribution in [0.15, 0.2) is 24.7 Å². The van der Waals surface area contributed by atoms with Gasteiger partial charge in [0.1, 0.15) is 5.69 Å². The maximum Gasteiger partial charge on any atom is 0.322 e. The Hall–Kier alpha value is -2.94. The van der Waals surface area contributed by atoms with Gasteiger partial charge in [0.15, 0.2) is 0 Å². The molecular formula is C20H25N7O2. The Bertz CT molecular complexity index is 1050. The summed E-state index contributed by atoms with van der Waals surface area (Å²) in [5, 5.41) is 15.6. The molecule has 9 nitrogen and oxygen atoms in total. The van der Waals surface area contributed by atoms with Crippen molar-refractivity contribution in [3.8, 4) is 11.4 Å². The quantitative estimate of drug-likeness (QED) is 0.707. The van der Waals surface area contributed by atoms with Crippen molar-refractivity contribution >= 4 is 22.6 Å². The lowest BCUT2D eigenvalue weighted by molar-refractivity contribution is 0.00404. The van der Waals surface area contributed by atoms with Gasteiger partial charge in [0.05, 0.1) is 48.0 Å². The second-order valence-electron chi connectivity index (χ2n) is 8.37. The first-order valence-corrected chi connectivity index (χ1v) is 10.1. The molecule has 2 N–H and O–H groups in total. The Kier molecular flexibility index (Phi) is 4.27. The summed E-state index contributed by atoms with van der Waals surface area (Å²) < 4.78 is 7.56. The van der Waals surface area contributed by atoms with Crippen LogP contribution in [0.1, 0.15) is 26.7 Å². The Morgan fingerprint density at radius 2 is 2.21 bits per heavy atom. The van der Waals surface area contributed by atoms with Crippen molar-refractivity contribution in [2.45, 2.75) is 38.8 Å². The van der Waals surface area contributed by atoms with Crippen LogP contribution in [0.5, 0.6) is 0 Å². The van der Waals surface area contributed by atoms with Crippen molar-refractivity contribution in [2.24, 2.45) is 5.92 Å². The highest BCUT2D eigenvalue weighted by atomic mass is 16.5. The molecule has 0 aromatic carbocycles. The normalized spacial score (nSPS) is 18.0. The van der Waals surface area contributed by atoms with Gasteiger partial charge in [-0.3, -0.25) is 14.8 Å². The molecule has 152 valence electrons. The topological polar surface area (TPSA) is 101 Å². The lowest BCUT2D eigenvalue weighted by Gasteiger charge is -2.35. The standard InChI is InChI=1S/C20H25N7O2/c1-13(2)11-27-17-7-15(21-8-14(17)9-23-27)18-16(10-22-25-18)24-19(28)26-5-6-29-12-20(26)3-4-20/h7-10,13H,3-6,11-12H2,1-2H3,(H,22,25)(H,24,28). The fourth-order valence-electron chi connectivity index (χ4n) is 3.97. The van der Waals surface area contributed by atoms with Crippen molar-refractivity contribution in [1.82, 2.24) is 29.9 Å². The van der Waals surface area contributed by atoms with E-state index in [1.165, 1.54) is 0 Å². The molecule has 0 atom stereocenters. The summed E-state index contributed by atoms with van der Waals surface area (Å²) in [5.74, 6) is 0.486. The van der Waals surface area contributed by atoms with Crippen molar-refractivity contribution in [2.75, 3.05) is 25.1 Å². The van der Waals surface area contributed by atoms with Crippen LogP contribution in [0.3, 0.4) is 0 Å². The average Bonchev–Trinajstić information content (AvgIpc) is 3.12. The summed E-state index contributed by atoms with van der Waals surface area (Å²) in [4.78, 5) is 19.4.